The molecule has 0 saturated heterocycles. The molecule has 0 aliphatic carbocycles. The Morgan fingerprint density at radius 1 is 1.24 bits per heavy atom. The Hall–Kier alpha value is -3.14. The fourth-order valence-electron chi connectivity index (χ4n) is 3.02. The molecule has 3 rings (SSSR count). The van der Waals surface area contributed by atoms with Crippen LogP contribution in [0, 0.1) is 5.82 Å². The number of aliphatic hydroxyl groups excluding tert-OH is 2. The van der Waals surface area contributed by atoms with E-state index in [1.807, 2.05) is 39.0 Å². The average molecular weight is 491 g/mol. The van der Waals surface area contributed by atoms with Crippen LogP contribution in [0.15, 0.2) is 48.5 Å². The largest absolute Gasteiger partial charge is 0.488 e. The van der Waals surface area contributed by atoms with Crippen molar-refractivity contribution in [2.24, 2.45) is 0 Å². The van der Waals surface area contributed by atoms with E-state index in [4.69, 9.17) is 26.5 Å². The molecule has 1 heterocycles. The highest BCUT2D eigenvalue weighted by Crippen LogP contribution is 2.25. The van der Waals surface area contributed by atoms with Crippen molar-refractivity contribution in [3.05, 3.63) is 70.8 Å². The third-order valence-corrected chi connectivity index (χ3v) is 5.10. The standard InChI is InChI=1S/C24H28ClFN4O4/c1-24(2,3)22-11-18(30(29-22)17-6-4-5-15(25)9-17)12-27-23(33)28-16-7-8-21(20(26)10-16)34-14-19(32)13-31/h4-11,19,31-32H,12-14H2,1-3H3,(H2,27,28,33). The minimum atomic E-state index is -1.11. The summed E-state index contributed by atoms with van der Waals surface area (Å²) in [5.74, 6) is -0.810. The molecule has 0 aliphatic rings. The zero-order valence-corrected chi connectivity index (χ0v) is 19.9. The molecule has 1 aromatic heterocycles. The average Bonchev–Trinajstić information content (AvgIpc) is 3.22. The normalized spacial score (nSPS) is 12.3. The van der Waals surface area contributed by atoms with Gasteiger partial charge in [0.2, 0.25) is 0 Å². The number of aromatic nitrogens is 2. The molecule has 8 nitrogen and oxygen atoms in total. The van der Waals surface area contributed by atoms with E-state index in [0.717, 1.165) is 23.1 Å². The number of hydrogen-bond acceptors (Lipinski definition) is 5. The topological polar surface area (TPSA) is 109 Å². The summed E-state index contributed by atoms with van der Waals surface area (Å²) in [6.07, 6.45) is -1.11. The highest BCUT2D eigenvalue weighted by Gasteiger charge is 2.21. The second-order valence-corrected chi connectivity index (χ2v) is 9.20. The molecule has 2 aromatic carbocycles. The Kier molecular flexibility index (Phi) is 8.14. The summed E-state index contributed by atoms with van der Waals surface area (Å²) in [4.78, 5) is 12.5. The van der Waals surface area contributed by atoms with Crippen LogP contribution >= 0.6 is 11.6 Å². The first-order valence-corrected chi connectivity index (χ1v) is 11.1. The lowest BCUT2D eigenvalue weighted by Crippen LogP contribution is -2.29. The molecule has 4 N–H and O–H groups in total. The van der Waals surface area contributed by atoms with E-state index in [1.54, 1.807) is 16.8 Å². The van der Waals surface area contributed by atoms with Gasteiger partial charge in [0.15, 0.2) is 11.6 Å². The van der Waals surface area contributed by atoms with Gasteiger partial charge in [0.05, 0.1) is 30.2 Å². The second kappa shape index (κ2) is 10.9. The van der Waals surface area contributed by atoms with Crippen molar-refractivity contribution in [2.75, 3.05) is 18.5 Å². The van der Waals surface area contributed by atoms with E-state index in [1.165, 1.54) is 12.1 Å². The minimum Gasteiger partial charge on any atom is -0.488 e. The van der Waals surface area contributed by atoms with Crippen molar-refractivity contribution < 1.29 is 24.1 Å². The molecule has 0 bridgehead atoms. The van der Waals surface area contributed by atoms with Gasteiger partial charge in [-0.2, -0.15) is 5.10 Å². The summed E-state index contributed by atoms with van der Waals surface area (Å²) in [5, 5.41) is 28.7. The Labute approximate surface area is 202 Å². The maximum atomic E-state index is 14.2. The summed E-state index contributed by atoms with van der Waals surface area (Å²) in [5.41, 5.74) is 2.40. The fourth-order valence-corrected chi connectivity index (χ4v) is 3.21. The highest BCUT2D eigenvalue weighted by molar-refractivity contribution is 6.30. The lowest BCUT2D eigenvalue weighted by atomic mass is 9.92. The molecular formula is C24H28ClFN4O4. The lowest BCUT2D eigenvalue weighted by molar-refractivity contribution is 0.0523. The first-order valence-electron chi connectivity index (χ1n) is 10.7. The van der Waals surface area contributed by atoms with Crippen molar-refractivity contribution in [2.45, 2.75) is 38.8 Å². The van der Waals surface area contributed by atoms with Gasteiger partial charge in [-0.1, -0.05) is 38.4 Å². The van der Waals surface area contributed by atoms with Gasteiger partial charge >= 0.3 is 6.03 Å². The van der Waals surface area contributed by atoms with Gasteiger partial charge in [0.25, 0.3) is 0 Å². The number of halogens is 2. The molecule has 0 spiro atoms. The molecule has 1 atom stereocenters. The second-order valence-electron chi connectivity index (χ2n) is 8.76. The van der Waals surface area contributed by atoms with E-state index in [9.17, 15) is 14.3 Å². The van der Waals surface area contributed by atoms with E-state index in [-0.39, 0.29) is 30.0 Å². The van der Waals surface area contributed by atoms with Crippen LogP contribution in [0.3, 0.4) is 0 Å². The van der Waals surface area contributed by atoms with Crippen molar-refractivity contribution in [3.8, 4) is 11.4 Å². The number of ether oxygens (including phenoxy) is 1. The highest BCUT2D eigenvalue weighted by atomic mass is 35.5. The predicted octanol–water partition coefficient (Wildman–Crippen LogP) is 4.02. The zero-order valence-electron chi connectivity index (χ0n) is 19.2. The third-order valence-electron chi connectivity index (χ3n) is 4.87. The number of aliphatic hydroxyl groups is 2. The van der Waals surface area contributed by atoms with Crippen LogP contribution in [0.1, 0.15) is 32.2 Å². The number of nitrogens with zero attached hydrogens (tertiary/aromatic N) is 2. The zero-order chi connectivity index (χ0) is 24.9. The van der Waals surface area contributed by atoms with Crippen LogP contribution in [0.4, 0.5) is 14.9 Å². The molecule has 2 amide bonds. The number of urea groups is 1. The molecule has 0 aliphatic heterocycles. The Morgan fingerprint density at radius 2 is 2.00 bits per heavy atom. The van der Waals surface area contributed by atoms with Gasteiger partial charge in [-0.15, -0.1) is 0 Å². The maximum absolute atomic E-state index is 14.2. The van der Waals surface area contributed by atoms with E-state index in [2.05, 4.69) is 10.6 Å². The van der Waals surface area contributed by atoms with Gasteiger partial charge in [0.1, 0.15) is 12.7 Å². The van der Waals surface area contributed by atoms with Crippen LogP contribution in [-0.4, -0.2) is 45.3 Å². The van der Waals surface area contributed by atoms with E-state index < -0.39 is 24.6 Å². The van der Waals surface area contributed by atoms with E-state index in [0.29, 0.717) is 5.02 Å². The van der Waals surface area contributed by atoms with Gasteiger partial charge < -0.3 is 25.6 Å². The number of rotatable bonds is 8. The van der Waals surface area contributed by atoms with Crippen LogP contribution in [-0.2, 0) is 12.0 Å². The number of anilines is 1. The van der Waals surface area contributed by atoms with Crippen LogP contribution in [0.2, 0.25) is 5.02 Å². The van der Waals surface area contributed by atoms with Gasteiger partial charge in [-0.25, -0.2) is 13.9 Å². The molecule has 0 radical (unpaired) electrons. The minimum absolute atomic E-state index is 0.0985. The van der Waals surface area contributed by atoms with Crippen molar-refractivity contribution in [1.29, 1.82) is 0 Å². The van der Waals surface area contributed by atoms with Crippen molar-refractivity contribution in [3.63, 3.8) is 0 Å². The summed E-state index contributed by atoms with van der Waals surface area (Å²) in [6.45, 7) is 5.58. The van der Waals surface area contributed by atoms with Crippen LogP contribution in [0.25, 0.3) is 5.69 Å². The summed E-state index contributed by atoms with van der Waals surface area (Å²) >= 11 is 6.14. The van der Waals surface area contributed by atoms with Gasteiger partial charge in [-0.3, -0.25) is 0 Å². The SMILES string of the molecule is CC(C)(C)c1cc(CNC(=O)Nc2ccc(OCC(O)CO)c(F)c2)n(-c2cccc(Cl)c2)n1. The molecule has 34 heavy (non-hydrogen) atoms. The summed E-state index contributed by atoms with van der Waals surface area (Å²) < 4.78 is 21.1. The van der Waals surface area contributed by atoms with Gasteiger partial charge in [0, 0.05) is 22.2 Å². The quantitative estimate of drug-likeness (QED) is 0.381. The number of hydrogen-bond donors (Lipinski definition) is 4. The monoisotopic (exact) mass is 490 g/mol. The van der Waals surface area contributed by atoms with Crippen LogP contribution in [0.5, 0.6) is 5.75 Å². The third kappa shape index (κ3) is 6.69. The van der Waals surface area contributed by atoms with E-state index >= 15 is 0 Å². The molecular weight excluding hydrogens is 463 g/mol. The number of carbonyl (C=O) groups excluding carboxylic acids is 1. The summed E-state index contributed by atoms with van der Waals surface area (Å²) in [7, 11) is 0. The first-order chi connectivity index (χ1) is 16.1. The van der Waals surface area contributed by atoms with Crippen LogP contribution < -0.4 is 15.4 Å². The Balaban J connectivity index is 1.69. The Bertz CT molecular complexity index is 1150. The molecule has 1 unspecified atom stereocenters. The maximum Gasteiger partial charge on any atom is 0.319 e. The Morgan fingerprint density at radius 3 is 2.65 bits per heavy atom. The van der Waals surface area contributed by atoms with Crippen molar-refractivity contribution >= 4 is 23.3 Å². The fraction of sp³-hybridized carbons (Fsp3) is 0.333. The molecule has 3 aromatic rings. The predicted molar refractivity (Wildman–Crippen MR) is 128 cm³/mol. The lowest BCUT2D eigenvalue weighted by Gasteiger charge is -2.14. The number of nitrogens with one attached hydrogen (secondary N) is 2. The van der Waals surface area contributed by atoms with Gasteiger partial charge in [-0.05, 0) is 36.4 Å². The molecule has 0 saturated carbocycles. The van der Waals surface area contributed by atoms with Crippen molar-refractivity contribution in [1.82, 2.24) is 15.1 Å². The molecule has 0 fully saturated rings. The first kappa shape index (κ1) is 25.5. The number of benzene rings is 2. The smallest absolute Gasteiger partial charge is 0.319 e. The number of amides is 2. The number of carbonyl (C=O) groups is 1. The molecule has 10 heteroatoms. The summed E-state index contributed by atoms with van der Waals surface area (Å²) in [6, 6.07) is 12.6. The molecule has 182 valence electrons.